The van der Waals surface area contributed by atoms with Gasteiger partial charge in [-0.05, 0) is 0 Å². The molecule has 0 saturated carbocycles. The molecular formula is C10H17N2O14P3. The number of aromatic nitrogens is 2. The Balaban J connectivity index is 2.04. The normalized spacial score (nSPS) is 26.7. The molecule has 0 amide bonds. The van der Waals surface area contributed by atoms with Gasteiger partial charge in [-0.15, -0.1) is 0 Å². The standard InChI is InChI=1S/C10H17N2O14P3/c13-4-6-3-9(12-2-1-8(14)11-10(12)15)24-7(6)5-23-28(19,20)26-29(21,22)25-27(16,17)18/h1-2,6-7,9,13H,3-5H2,(H,19,20)(H,21,22)(H,11,14,15)(H2,16,17,18). The van der Waals surface area contributed by atoms with Crippen LogP contribution < -0.4 is 11.2 Å². The highest BCUT2D eigenvalue weighted by Gasteiger charge is 2.43. The minimum atomic E-state index is -5.66. The highest BCUT2D eigenvalue weighted by molar-refractivity contribution is 7.66. The lowest BCUT2D eigenvalue weighted by Gasteiger charge is -2.20. The van der Waals surface area contributed by atoms with Crippen molar-refractivity contribution in [2.45, 2.75) is 18.8 Å². The summed E-state index contributed by atoms with van der Waals surface area (Å²) in [5, 5.41) is 9.42. The first-order valence-corrected chi connectivity index (χ1v) is 12.1. The van der Waals surface area contributed by atoms with Gasteiger partial charge in [0.05, 0.1) is 12.7 Å². The Morgan fingerprint density at radius 2 is 1.79 bits per heavy atom. The number of rotatable bonds is 9. The van der Waals surface area contributed by atoms with Crippen LogP contribution in [0.3, 0.4) is 0 Å². The lowest BCUT2D eigenvalue weighted by atomic mass is 10.0. The van der Waals surface area contributed by atoms with E-state index in [4.69, 9.17) is 19.4 Å². The van der Waals surface area contributed by atoms with Crippen LogP contribution >= 0.6 is 23.5 Å². The first kappa shape index (κ1) is 24.3. The summed E-state index contributed by atoms with van der Waals surface area (Å²) in [6.45, 7) is -1.26. The first-order chi connectivity index (χ1) is 13.2. The Labute approximate surface area is 161 Å². The van der Waals surface area contributed by atoms with E-state index in [-0.39, 0.29) is 6.42 Å². The van der Waals surface area contributed by atoms with Gasteiger partial charge in [0.1, 0.15) is 6.23 Å². The smallest absolute Gasteiger partial charge is 0.396 e. The van der Waals surface area contributed by atoms with Gasteiger partial charge in [0.2, 0.25) is 0 Å². The number of aliphatic hydroxyl groups is 1. The number of hydrogen-bond acceptors (Lipinski definition) is 10. The number of nitrogens with zero attached hydrogens (tertiary/aromatic N) is 1. The monoisotopic (exact) mass is 482 g/mol. The topological polar surface area (TPSA) is 244 Å². The zero-order chi connectivity index (χ0) is 22.0. The molecule has 1 saturated heterocycles. The Morgan fingerprint density at radius 1 is 1.14 bits per heavy atom. The summed E-state index contributed by atoms with van der Waals surface area (Å²) in [5.41, 5.74) is -1.44. The van der Waals surface area contributed by atoms with Gasteiger partial charge in [-0.3, -0.25) is 18.9 Å². The fourth-order valence-corrected chi connectivity index (χ4v) is 5.48. The Morgan fingerprint density at radius 3 is 2.34 bits per heavy atom. The predicted molar refractivity (Wildman–Crippen MR) is 90.2 cm³/mol. The minimum absolute atomic E-state index is 0.0485. The zero-order valence-electron chi connectivity index (χ0n) is 14.2. The number of H-pyrrole nitrogens is 1. The van der Waals surface area contributed by atoms with Crippen molar-refractivity contribution >= 4 is 23.5 Å². The highest BCUT2D eigenvalue weighted by atomic mass is 31.3. The predicted octanol–water partition coefficient (Wildman–Crippen LogP) is -1.22. The quantitative estimate of drug-likeness (QED) is 0.226. The summed E-state index contributed by atoms with van der Waals surface area (Å²) in [6, 6.07) is 1.05. The van der Waals surface area contributed by atoms with Crippen LogP contribution in [0, 0.1) is 5.92 Å². The summed E-state index contributed by atoms with van der Waals surface area (Å²) >= 11 is 0. The van der Waals surface area contributed by atoms with Crippen molar-refractivity contribution in [2.24, 2.45) is 5.92 Å². The number of phosphoric ester groups is 1. The average molecular weight is 482 g/mol. The van der Waals surface area contributed by atoms with Crippen molar-refractivity contribution in [2.75, 3.05) is 13.2 Å². The lowest BCUT2D eigenvalue weighted by Crippen LogP contribution is -2.31. The maximum absolute atomic E-state index is 11.8. The molecule has 0 aliphatic carbocycles. The Hall–Kier alpha value is -0.990. The van der Waals surface area contributed by atoms with Gasteiger partial charge in [0.25, 0.3) is 5.56 Å². The van der Waals surface area contributed by atoms with Gasteiger partial charge in [0.15, 0.2) is 0 Å². The third-order valence-corrected chi connectivity index (χ3v) is 7.38. The van der Waals surface area contributed by atoms with Crippen LogP contribution in [0.2, 0.25) is 0 Å². The molecule has 6 N–H and O–H groups in total. The van der Waals surface area contributed by atoms with Crippen LogP contribution in [-0.4, -0.2) is 53.5 Å². The molecular weight excluding hydrogens is 465 g/mol. The van der Waals surface area contributed by atoms with E-state index in [2.05, 4.69) is 13.1 Å². The van der Waals surface area contributed by atoms with Crippen LogP contribution in [0.15, 0.2) is 21.9 Å². The fourth-order valence-electron chi connectivity index (χ4n) is 2.45. The van der Waals surface area contributed by atoms with E-state index in [9.17, 15) is 33.3 Å². The zero-order valence-corrected chi connectivity index (χ0v) is 16.9. The van der Waals surface area contributed by atoms with Crippen molar-refractivity contribution in [3.8, 4) is 0 Å². The first-order valence-electron chi connectivity index (χ1n) is 7.57. The van der Waals surface area contributed by atoms with Crippen molar-refractivity contribution in [1.29, 1.82) is 0 Å². The van der Waals surface area contributed by atoms with Gasteiger partial charge in [-0.1, -0.05) is 0 Å². The molecule has 5 unspecified atom stereocenters. The van der Waals surface area contributed by atoms with Gasteiger partial charge in [0, 0.05) is 31.2 Å². The average Bonchev–Trinajstić information content (AvgIpc) is 2.92. The largest absolute Gasteiger partial charge is 0.490 e. The molecule has 0 bridgehead atoms. The summed E-state index contributed by atoms with van der Waals surface area (Å²) in [6.07, 6.45) is -0.863. The summed E-state index contributed by atoms with van der Waals surface area (Å²) in [5.74, 6) is -0.703. The van der Waals surface area contributed by atoms with Crippen molar-refractivity contribution in [3.05, 3.63) is 33.1 Å². The SMILES string of the molecule is O=c1ccn(C2CC(CO)C(COP(=O)(O)OP(=O)(O)OP(=O)(O)O)O2)c(=O)[nH]1. The third-order valence-electron chi connectivity index (χ3n) is 3.58. The fraction of sp³-hybridized carbons (Fsp3) is 0.600. The van der Waals surface area contributed by atoms with Crippen LogP contribution in [0.25, 0.3) is 0 Å². The number of phosphoric acid groups is 3. The van der Waals surface area contributed by atoms with E-state index >= 15 is 0 Å². The van der Waals surface area contributed by atoms with E-state index in [1.165, 1.54) is 0 Å². The molecule has 1 aromatic heterocycles. The molecule has 16 nitrogen and oxygen atoms in total. The van der Waals surface area contributed by atoms with Crippen LogP contribution in [0.5, 0.6) is 0 Å². The van der Waals surface area contributed by atoms with Gasteiger partial charge < -0.3 is 29.4 Å². The summed E-state index contributed by atoms with van der Waals surface area (Å²) in [7, 11) is -16.5. The highest BCUT2D eigenvalue weighted by Crippen LogP contribution is 2.66. The molecule has 1 aliphatic rings. The Bertz CT molecular complexity index is 982. The van der Waals surface area contributed by atoms with E-state index in [0.717, 1.165) is 16.8 Å². The molecule has 0 radical (unpaired) electrons. The maximum atomic E-state index is 11.8. The van der Waals surface area contributed by atoms with E-state index in [0.29, 0.717) is 0 Å². The molecule has 166 valence electrons. The summed E-state index contributed by atoms with van der Waals surface area (Å²) < 4.78 is 51.7. The van der Waals surface area contributed by atoms with E-state index in [1.807, 2.05) is 4.98 Å². The molecule has 1 aromatic rings. The molecule has 1 aliphatic heterocycles. The van der Waals surface area contributed by atoms with Crippen molar-refractivity contribution < 1.29 is 56.3 Å². The van der Waals surface area contributed by atoms with Crippen LogP contribution in [0.1, 0.15) is 12.6 Å². The maximum Gasteiger partial charge on any atom is 0.490 e. The summed E-state index contributed by atoms with van der Waals surface area (Å²) in [4.78, 5) is 60.4. The van der Waals surface area contributed by atoms with Crippen molar-refractivity contribution in [3.63, 3.8) is 0 Å². The molecule has 0 spiro atoms. The van der Waals surface area contributed by atoms with Crippen LogP contribution in [-0.2, 0) is 31.6 Å². The number of hydrogen-bond donors (Lipinski definition) is 6. The Kier molecular flexibility index (Phi) is 7.55. The van der Waals surface area contributed by atoms with Gasteiger partial charge in [-0.25, -0.2) is 18.5 Å². The number of ether oxygens (including phenoxy) is 1. The number of aliphatic hydroxyl groups excluding tert-OH is 1. The molecule has 5 atom stereocenters. The molecule has 0 aromatic carbocycles. The van der Waals surface area contributed by atoms with E-state index in [1.54, 1.807) is 0 Å². The van der Waals surface area contributed by atoms with Gasteiger partial charge in [-0.2, -0.15) is 8.62 Å². The second-order valence-corrected chi connectivity index (χ2v) is 10.1. The molecule has 1 fully saturated rings. The minimum Gasteiger partial charge on any atom is -0.396 e. The van der Waals surface area contributed by atoms with E-state index < -0.39 is 66.2 Å². The molecule has 2 rings (SSSR count). The number of nitrogens with one attached hydrogen (secondary N) is 1. The second kappa shape index (κ2) is 9.02. The third kappa shape index (κ3) is 7.33. The van der Waals surface area contributed by atoms with Crippen molar-refractivity contribution in [1.82, 2.24) is 9.55 Å². The molecule has 2 heterocycles. The molecule has 29 heavy (non-hydrogen) atoms. The van der Waals surface area contributed by atoms with Gasteiger partial charge >= 0.3 is 29.2 Å². The number of aromatic amines is 1. The van der Waals surface area contributed by atoms with Crippen LogP contribution in [0.4, 0.5) is 0 Å². The molecule has 19 heteroatoms. The second-order valence-electron chi connectivity index (χ2n) is 5.71. The lowest BCUT2D eigenvalue weighted by molar-refractivity contribution is -0.0360.